The highest BCUT2D eigenvalue weighted by molar-refractivity contribution is 5.80. The van der Waals surface area contributed by atoms with Gasteiger partial charge in [0.15, 0.2) is 0 Å². The number of halogens is 3. The first kappa shape index (κ1) is 18.4. The van der Waals surface area contributed by atoms with Crippen LogP contribution in [0, 0.1) is 0 Å². The molecule has 0 aliphatic rings. The Balaban J connectivity index is 1.92. The number of ether oxygens (including phenoxy) is 1. The number of nitrogens with one attached hydrogen (secondary N) is 1. The highest BCUT2D eigenvalue weighted by atomic mass is 19.4. The van der Waals surface area contributed by atoms with Crippen molar-refractivity contribution in [2.75, 3.05) is 12.8 Å². The number of methoxy groups -OCH3 is 1. The average Bonchev–Trinajstić information content (AvgIpc) is 2.56. The average molecular weight is 350 g/mol. The van der Waals surface area contributed by atoms with Gasteiger partial charge in [0.2, 0.25) is 5.91 Å². The van der Waals surface area contributed by atoms with Gasteiger partial charge in [0.1, 0.15) is 5.75 Å². The molecule has 0 aliphatic heterocycles. The lowest BCUT2D eigenvalue weighted by molar-refractivity contribution is -0.137. The van der Waals surface area contributed by atoms with Crippen molar-refractivity contribution in [3.8, 4) is 5.75 Å². The van der Waals surface area contributed by atoms with Crippen molar-refractivity contribution in [2.45, 2.75) is 12.6 Å². The normalized spacial score (nSPS) is 11.5. The maximum absolute atomic E-state index is 12.5. The summed E-state index contributed by atoms with van der Waals surface area (Å²) in [6, 6.07) is 9.68. The minimum Gasteiger partial charge on any atom is -0.495 e. The molecule has 0 aliphatic carbocycles. The maximum atomic E-state index is 12.5. The lowest BCUT2D eigenvalue weighted by atomic mass is 10.1. The summed E-state index contributed by atoms with van der Waals surface area (Å²) >= 11 is 0. The molecular weight excluding hydrogens is 333 g/mol. The van der Waals surface area contributed by atoms with Gasteiger partial charge < -0.3 is 15.8 Å². The van der Waals surface area contributed by atoms with Gasteiger partial charge in [-0.3, -0.25) is 4.79 Å². The third-order valence-corrected chi connectivity index (χ3v) is 3.42. The predicted molar refractivity (Wildman–Crippen MR) is 89.7 cm³/mol. The van der Waals surface area contributed by atoms with Crippen LogP contribution in [0.25, 0.3) is 6.08 Å². The predicted octanol–water partition coefficient (Wildman–Crippen LogP) is 3.63. The summed E-state index contributed by atoms with van der Waals surface area (Å²) in [5.41, 5.74) is 6.74. The van der Waals surface area contributed by atoms with Crippen LogP contribution in [0.15, 0.2) is 48.7 Å². The van der Waals surface area contributed by atoms with Gasteiger partial charge in [-0.2, -0.15) is 13.2 Å². The second-order valence-electron chi connectivity index (χ2n) is 5.27. The molecule has 25 heavy (non-hydrogen) atoms. The molecule has 4 nitrogen and oxygen atoms in total. The number of anilines is 1. The van der Waals surface area contributed by atoms with Gasteiger partial charge in [-0.15, -0.1) is 0 Å². The maximum Gasteiger partial charge on any atom is 0.416 e. The van der Waals surface area contributed by atoms with Crippen LogP contribution in [0.4, 0.5) is 18.9 Å². The van der Waals surface area contributed by atoms with E-state index < -0.39 is 11.7 Å². The van der Waals surface area contributed by atoms with Crippen LogP contribution in [0.3, 0.4) is 0 Å². The Morgan fingerprint density at radius 1 is 1.20 bits per heavy atom. The first-order chi connectivity index (χ1) is 11.8. The molecule has 0 spiro atoms. The van der Waals surface area contributed by atoms with Gasteiger partial charge in [0.05, 0.1) is 24.8 Å². The van der Waals surface area contributed by atoms with E-state index in [1.807, 2.05) is 0 Å². The van der Waals surface area contributed by atoms with E-state index in [0.717, 1.165) is 17.7 Å². The fourth-order valence-electron chi connectivity index (χ4n) is 2.12. The molecule has 132 valence electrons. The molecule has 1 amide bonds. The molecular formula is C18H17F3N2O2. The number of rotatable bonds is 5. The van der Waals surface area contributed by atoms with E-state index in [2.05, 4.69) is 5.32 Å². The van der Waals surface area contributed by atoms with Crippen molar-refractivity contribution in [1.82, 2.24) is 5.32 Å². The van der Waals surface area contributed by atoms with Crippen molar-refractivity contribution >= 4 is 17.7 Å². The van der Waals surface area contributed by atoms with Crippen molar-refractivity contribution < 1.29 is 22.7 Å². The van der Waals surface area contributed by atoms with E-state index in [1.54, 1.807) is 18.2 Å². The van der Waals surface area contributed by atoms with Crippen LogP contribution in [-0.2, 0) is 17.4 Å². The highest BCUT2D eigenvalue weighted by Crippen LogP contribution is 2.29. The topological polar surface area (TPSA) is 64.3 Å². The summed E-state index contributed by atoms with van der Waals surface area (Å²) in [7, 11) is 1.49. The zero-order valence-corrected chi connectivity index (χ0v) is 13.4. The Bertz CT molecular complexity index is 769. The fraction of sp³-hybridized carbons (Fsp3) is 0.167. The Morgan fingerprint density at radius 2 is 1.88 bits per heavy atom. The molecule has 0 aromatic heterocycles. The molecule has 0 fully saturated rings. The molecule has 0 saturated carbocycles. The molecule has 0 heterocycles. The first-order valence-corrected chi connectivity index (χ1v) is 7.35. The third-order valence-electron chi connectivity index (χ3n) is 3.42. The number of hydrogen-bond donors (Lipinski definition) is 2. The molecule has 0 radical (unpaired) electrons. The Labute approximate surface area is 143 Å². The number of carbonyl (C=O) groups is 1. The molecule has 2 aromatic rings. The molecule has 7 heteroatoms. The SMILES string of the molecule is COc1cc(CC(=O)N/C=C/c2ccc(C(F)(F)F)cc2)ccc1N. The zero-order chi connectivity index (χ0) is 18.4. The Morgan fingerprint density at radius 3 is 2.48 bits per heavy atom. The van der Waals surface area contributed by atoms with Crippen LogP contribution in [0.5, 0.6) is 5.75 Å². The van der Waals surface area contributed by atoms with Gasteiger partial charge in [-0.1, -0.05) is 18.2 Å². The largest absolute Gasteiger partial charge is 0.495 e. The van der Waals surface area contributed by atoms with Crippen molar-refractivity contribution in [3.63, 3.8) is 0 Å². The quantitative estimate of drug-likeness (QED) is 0.810. The van der Waals surface area contributed by atoms with Gasteiger partial charge in [-0.25, -0.2) is 0 Å². The molecule has 3 N–H and O–H groups in total. The van der Waals surface area contributed by atoms with Crippen LogP contribution < -0.4 is 15.8 Å². The van der Waals surface area contributed by atoms with Gasteiger partial charge in [0, 0.05) is 6.20 Å². The summed E-state index contributed by atoms with van der Waals surface area (Å²) in [6.07, 6.45) is -1.34. The van der Waals surface area contributed by atoms with Crippen LogP contribution >= 0.6 is 0 Å². The zero-order valence-electron chi connectivity index (χ0n) is 13.4. The van der Waals surface area contributed by atoms with Gasteiger partial charge >= 0.3 is 6.18 Å². The summed E-state index contributed by atoms with van der Waals surface area (Å²) in [5, 5.41) is 2.56. The van der Waals surface area contributed by atoms with Crippen LogP contribution in [0.1, 0.15) is 16.7 Å². The minimum absolute atomic E-state index is 0.119. The van der Waals surface area contributed by atoms with E-state index in [0.29, 0.717) is 17.0 Å². The number of alkyl halides is 3. The number of hydrogen-bond acceptors (Lipinski definition) is 3. The summed E-state index contributed by atoms with van der Waals surface area (Å²) in [5.74, 6) is 0.223. The second-order valence-corrected chi connectivity index (χ2v) is 5.27. The lowest BCUT2D eigenvalue weighted by Gasteiger charge is -2.07. The van der Waals surface area contributed by atoms with Crippen LogP contribution in [-0.4, -0.2) is 13.0 Å². The number of carbonyl (C=O) groups excluding carboxylic acids is 1. The third kappa shape index (κ3) is 5.27. The molecule has 0 unspecified atom stereocenters. The highest BCUT2D eigenvalue weighted by Gasteiger charge is 2.29. The lowest BCUT2D eigenvalue weighted by Crippen LogP contribution is -2.19. The summed E-state index contributed by atoms with van der Waals surface area (Å²) in [6.45, 7) is 0. The minimum atomic E-state index is -4.36. The summed E-state index contributed by atoms with van der Waals surface area (Å²) in [4.78, 5) is 11.9. The molecule has 0 atom stereocenters. The Kier molecular flexibility index (Phi) is 5.69. The summed E-state index contributed by atoms with van der Waals surface area (Å²) < 4.78 is 42.5. The van der Waals surface area contributed by atoms with E-state index >= 15 is 0 Å². The number of nitrogens with two attached hydrogens (primary N) is 1. The first-order valence-electron chi connectivity index (χ1n) is 7.35. The van der Waals surface area contributed by atoms with Crippen LogP contribution in [0.2, 0.25) is 0 Å². The monoisotopic (exact) mass is 350 g/mol. The van der Waals surface area contributed by atoms with E-state index in [-0.39, 0.29) is 12.3 Å². The smallest absolute Gasteiger partial charge is 0.416 e. The standard InChI is InChI=1S/C18H17F3N2O2/c1-25-16-10-13(4-7-15(16)22)11-17(24)23-9-8-12-2-5-14(6-3-12)18(19,20)21/h2-10H,11,22H2,1H3,(H,23,24)/b9-8+. The van der Waals surface area contributed by atoms with Crippen molar-refractivity contribution in [1.29, 1.82) is 0 Å². The van der Waals surface area contributed by atoms with E-state index in [1.165, 1.54) is 31.5 Å². The van der Waals surface area contributed by atoms with Crippen molar-refractivity contribution in [2.24, 2.45) is 0 Å². The second kappa shape index (κ2) is 7.74. The Hall–Kier alpha value is -2.96. The number of benzene rings is 2. The number of amides is 1. The number of nitrogen functional groups attached to an aromatic ring is 1. The molecule has 0 saturated heterocycles. The molecule has 2 rings (SSSR count). The van der Waals surface area contributed by atoms with E-state index in [9.17, 15) is 18.0 Å². The van der Waals surface area contributed by atoms with Gasteiger partial charge in [0.25, 0.3) is 0 Å². The molecule has 2 aromatic carbocycles. The van der Waals surface area contributed by atoms with Crippen molar-refractivity contribution in [3.05, 3.63) is 65.4 Å². The molecule has 0 bridgehead atoms. The van der Waals surface area contributed by atoms with E-state index in [4.69, 9.17) is 10.5 Å². The fourth-order valence-corrected chi connectivity index (χ4v) is 2.12. The van der Waals surface area contributed by atoms with Gasteiger partial charge in [-0.05, 0) is 41.5 Å².